The standard InChI is InChI=1S/C18H31NO5/c1-2-16(19(13-20)24-17-10-6-7-11-23-17)15(18(21)22)12-14-8-4-3-5-9-14/h13-17H,2-12H2,1H3,(H,21,22)/t15?,16-,17?/m0/s1. The van der Waals surface area contributed by atoms with Crippen molar-refractivity contribution in [2.45, 2.75) is 83.5 Å². The summed E-state index contributed by atoms with van der Waals surface area (Å²) in [6.45, 7) is 2.53. The minimum absolute atomic E-state index is 0.438. The second-order valence-electron chi connectivity index (χ2n) is 7.03. The van der Waals surface area contributed by atoms with Crippen LogP contribution in [0.5, 0.6) is 0 Å². The monoisotopic (exact) mass is 341 g/mol. The lowest BCUT2D eigenvalue weighted by atomic mass is 9.80. The maximum Gasteiger partial charge on any atom is 0.308 e. The highest BCUT2D eigenvalue weighted by molar-refractivity contribution is 5.71. The third-order valence-electron chi connectivity index (χ3n) is 5.32. The van der Waals surface area contributed by atoms with Gasteiger partial charge in [0, 0.05) is 13.0 Å². The minimum atomic E-state index is -0.840. The van der Waals surface area contributed by atoms with E-state index in [1.54, 1.807) is 0 Å². The highest BCUT2D eigenvalue weighted by Gasteiger charge is 2.35. The molecule has 1 aliphatic heterocycles. The van der Waals surface area contributed by atoms with Gasteiger partial charge in [-0.05, 0) is 31.6 Å². The molecule has 0 aromatic rings. The van der Waals surface area contributed by atoms with Gasteiger partial charge in [-0.3, -0.25) is 9.59 Å². The zero-order valence-corrected chi connectivity index (χ0v) is 14.7. The Labute approximate surface area is 144 Å². The van der Waals surface area contributed by atoms with Gasteiger partial charge in [0.2, 0.25) is 6.41 Å². The quantitative estimate of drug-likeness (QED) is 0.514. The van der Waals surface area contributed by atoms with Crippen LogP contribution in [-0.4, -0.2) is 41.5 Å². The molecule has 2 aliphatic rings. The summed E-state index contributed by atoms with van der Waals surface area (Å²) in [5, 5.41) is 10.9. The number of hydrogen-bond donors (Lipinski definition) is 1. The molecule has 0 aromatic heterocycles. The van der Waals surface area contributed by atoms with Gasteiger partial charge in [0.25, 0.3) is 0 Å². The van der Waals surface area contributed by atoms with Gasteiger partial charge in [0.15, 0.2) is 6.29 Å². The van der Waals surface area contributed by atoms with Crippen LogP contribution in [0.15, 0.2) is 0 Å². The first-order valence-corrected chi connectivity index (χ1v) is 9.40. The Morgan fingerprint density at radius 3 is 2.50 bits per heavy atom. The van der Waals surface area contributed by atoms with Crippen LogP contribution in [0.25, 0.3) is 0 Å². The first-order valence-electron chi connectivity index (χ1n) is 9.40. The topological polar surface area (TPSA) is 76.1 Å². The van der Waals surface area contributed by atoms with Crippen molar-refractivity contribution in [3.05, 3.63) is 0 Å². The van der Waals surface area contributed by atoms with Gasteiger partial charge in [-0.2, -0.15) is 0 Å². The molecule has 3 atom stereocenters. The third kappa shape index (κ3) is 5.45. The van der Waals surface area contributed by atoms with E-state index < -0.39 is 24.2 Å². The molecule has 0 aromatic carbocycles. The maximum absolute atomic E-state index is 11.9. The zero-order chi connectivity index (χ0) is 17.4. The summed E-state index contributed by atoms with van der Waals surface area (Å²) in [5.74, 6) is -0.993. The number of hydrogen-bond acceptors (Lipinski definition) is 4. The number of nitrogens with zero attached hydrogens (tertiary/aromatic N) is 1. The predicted octanol–water partition coefficient (Wildman–Crippen LogP) is 3.35. The lowest BCUT2D eigenvalue weighted by molar-refractivity contribution is -0.290. The molecule has 2 rings (SSSR count). The van der Waals surface area contributed by atoms with E-state index in [2.05, 4.69) is 0 Å². The number of ether oxygens (including phenoxy) is 1. The van der Waals surface area contributed by atoms with E-state index in [-0.39, 0.29) is 0 Å². The first-order chi connectivity index (χ1) is 11.7. The van der Waals surface area contributed by atoms with Crippen molar-refractivity contribution in [1.82, 2.24) is 5.06 Å². The third-order valence-corrected chi connectivity index (χ3v) is 5.32. The number of carbonyl (C=O) groups excluding carboxylic acids is 1. The van der Waals surface area contributed by atoms with Crippen LogP contribution in [0.3, 0.4) is 0 Å². The molecule has 2 unspecified atom stereocenters. The number of amides is 1. The summed E-state index contributed by atoms with van der Waals surface area (Å²) in [5.41, 5.74) is 0. The fourth-order valence-electron chi connectivity index (χ4n) is 3.96. The van der Waals surface area contributed by atoms with E-state index in [9.17, 15) is 14.7 Å². The molecule has 138 valence electrons. The van der Waals surface area contributed by atoms with E-state index in [1.807, 2.05) is 6.92 Å². The molecule has 2 fully saturated rings. The van der Waals surface area contributed by atoms with Gasteiger partial charge in [0.1, 0.15) is 0 Å². The van der Waals surface area contributed by atoms with Crippen LogP contribution in [0.4, 0.5) is 0 Å². The van der Waals surface area contributed by atoms with Crippen LogP contribution in [0, 0.1) is 11.8 Å². The Morgan fingerprint density at radius 1 is 1.25 bits per heavy atom. The predicted molar refractivity (Wildman–Crippen MR) is 89.0 cm³/mol. The van der Waals surface area contributed by atoms with Crippen LogP contribution < -0.4 is 0 Å². The largest absolute Gasteiger partial charge is 0.481 e. The Morgan fingerprint density at radius 2 is 1.96 bits per heavy atom. The molecular weight excluding hydrogens is 310 g/mol. The van der Waals surface area contributed by atoms with Crippen LogP contribution in [-0.2, 0) is 19.2 Å². The van der Waals surface area contributed by atoms with Gasteiger partial charge in [-0.1, -0.05) is 39.0 Å². The number of aliphatic carboxylic acids is 1. The normalized spacial score (nSPS) is 25.0. The highest BCUT2D eigenvalue weighted by Crippen LogP contribution is 2.32. The number of carboxylic acids is 1. The van der Waals surface area contributed by atoms with Crippen molar-refractivity contribution in [2.24, 2.45) is 11.8 Å². The lowest BCUT2D eigenvalue weighted by Crippen LogP contribution is -2.46. The van der Waals surface area contributed by atoms with Gasteiger partial charge < -0.3 is 9.84 Å². The molecule has 24 heavy (non-hydrogen) atoms. The van der Waals surface area contributed by atoms with Crippen molar-refractivity contribution in [3.63, 3.8) is 0 Å². The fraction of sp³-hybridized carbons (Fsp3) is 0.889. The Hall–Kier alpha value is -1.14. The second-order valence-corrected chi connectivity index (χ2v) is 7.03. The molecule has 1 amide bonds. The van der Waals surface area contributed by atoms with Crippen LogP contribution in [0.1, 0.15) is 71.1 Å². The number of rotatable bonds is 9. The molecule has 1 saturated heterocycles. The van der Waals surface area contributed by atoms with Crippen molar-refractivity contribution in [1.29, 1.82) is 0 Å². The molecule has 6 nitrogen and oxygen atoms in total. The van der Waals surface area contributed by atoms with Crippen molar-refractivity contribution >= 4 is 12.4 Å². The number of hydroxylamine groups is 2. The smallest absolute Gasteiger partial charge is 0.308 e. The fourth-order valence-corrected chi connectivity index (χ4v) is 3.96. The Bertz CT molecular complexity index is 391. The number of carbonyl (C=O) groups is 2. The maximum atomic E-state index is 11.9. The summed E-state index contributed by atoms with van der Waals surface area (Å²) in [4.78, 5) is 29.1. The summed E-state index contributed by atoms with van der Waals surface area (Å²) in [7, 11) is 0. The average Bonchev–Trinajstić information content (AvgIpc) is 2.62. The van der Waals surface area contributed by atoms with E-state index >= 15 is 0 Å². The summed E-state index contributed by atoms with van der Waals surface area (Å²) in [6.07, 6.45) is 9.86. The second kappa shape index (κ2) is 9.99. The molecule has 1 saturated carbocycles. The summed E-state index contributed by atoms with van der Waals surface area (Å²) in [6, 6.07) is -0.451. The molecule has 0 bridgehead atoms. The first kappa shape index (κ1) is 19.2. The van der Waals surface area contributed by atoms with Crippen molar-refractivity contribution in [2.75, 3.05) is 6.61 Å². The van der Waals surface area contributed by atoms with Gasteiger partial charge in [-0.15, -0.1) is 0 Å². The Kier molecular flexibility index (Phi) is 7.99. The van der Waals surface area contributed by atoms with E-state index in [0.29, 0.717) is 31.8 Å². The highest BCUT2D eigenvalue weighted by atomic mass is 16.8. The van der Waals surface area contributed by atoms with E-state index in [1.165, 1.54) is 24.3 Å². The van der Waals surface area contributed by atoms with Gasteiger partial charge in [0.05, 0.1) is 12.0 Å². The average molecular weight is 341 g/mol. The molecule has 1 heterocycles. The van der Waals surface area contributed by atoms with Crippen LogP contribution >= 0.6 is 0 Å². The summed E-state index contributed by atoms with van der Waals surface area (Å²) >= 11 is 0. The zero-order valence-electron chi connectivity index (χ0n) is 14.7. The van der Waals surface area contributed by atoms with Gasteiger partial charge >= 0.3 is 5.97 Å². The minimum Gasteiger partial charge on any atom is -0.481 e. The molecule has 0 spiro atoms. The molecule has 6 heteroatoms. The van der Waals surface area contributed by atoms with E-state index in [4.69, 9.17) is 9.57 Å². The lowest BCUT2D eigenvalue weighted by Gasteiger charge is -2.36. The van der Waals surface area contributed by atoms with Crippen molar-refractivity contribution in [3.8, 4) is 0 Å². The molecular formula is C18H31NO5. The van der Waals surface area contributed by atoms with Crippen molar-refractivity contribution < 1.29 is 24.3 Å². The van der Waals surface area contributed by atoms with E-state index in [0.717, 1.165) is 32.1 Å². The van der Waals surface area contributed by atoms with Crippen LogP contribution in [0.2, 0.25) is 0 Å². The molecule has 0 radical (unpaired) electrons. The molecule has 1 N–H and O–H groups in total. The molecule has 1 aliphatic carbocycles. The van der Waals surface area contributed by atoms with Gasteiger partial charge in [-0.25, -0.2) is 9.90 Å². The Balaban J connectivity index is 2.01. The number of carboxylic acid groups (broad SMARTS) is 1. The SMILES string of the molecule is CC[C@@H](C(CC1CCCCC1)C(=O)O)N(C=O)OC1CCCCO1. The summed E-state index contributed by atoms with van der Waals surface area (Å²) < 4.78 is 5.52.